The predicted molar refractivity (Wildman–Crippen MR) is 82.4 cm³/mol. The Morgan fingerprint density at radius 1 is 1.30 bits per heavy atom. The van der Waals surface area contributed by atoms with Crippen molar-refractivity contribution in [3.8, 4) is 0 Å². The van der Waals surface area contributed by atoms with E-state index in [1.165, 1.54) is 0 Å². The first-order valence-electron chi connectivity index (χ1n) is 6.72. The molecule has 1 aromatic heterocycles. The van der Waals surface area contributed by atoms with E-state index in [0.717, 1.165) is 24.4 Å². The van der Waals surface area contributed by atoms with Gasteiger partial charge in [-0.3, -0.25) is 0 Å². The van der Waals surface area contributed by atoms with Gasteiger partial charge >= 0.3 is 0 Å². The number of benzene rings is 1. The highest BCUT2D eigenvalue weighted by molar-refractivity contribution is 6.35. The van der Waals surface area contributed by atoms with E-state index in [9.17, 15) is 5.11 Å². The van der Waals surface area contributed by atoms with Crippen molar-refractivity contribution >= 4 is 23.2 Å². The third kappa shape index (κ3) is 3.98. The molecule has 20 heavy (non-hydrogen) atoms. The summed E-state index contributed by atoms with van der Waals surface area (Å²) >= 11 is 12.0. The average Bonchev–Trinajstić information content (AvgIpc) is 2.81. The Hall–Kier alpha value is -1.03. The number of rotatable bonds is 6. The monoisotopic (exact) mass is 312 g/mol. The van der Waals surface area contributed by atoms with Crippen LogP contribution in [-0.2, 0) is 19.4 Å². The third-order valence-electron chi connectivity index (χ3n) is 3.16. The van der Waals surface area contributed by atoms with Gasteiger partial charge in [-0.15, -0.1) is 0 Å². The van der Waals surface area contributed by atoms with E-state index in [1.807, 2.05) is 12.3 Å². The van der Waals surface area contributed by atoms with Gasteiger partial charge in [0.25, 0.3) is 0 Å². The topological polar surface area (TPSA) is 38.0 Å². The summed E-state index contributed by atoms with van der Waals surface area (Å²) in [5.41, 5.74) is 0.900. The fourth-order valence-electron chi connectivity index (χ4n) is 2.20. The molecule has 2 aromatic rings. The van der Waals surface area contributed by atoms with Crippen LogP contribution in [0.1, 0.15) is 24.7 Å². The van der Waals surface area contributed by atoms with Crippen LogP contribution < -0.4 is 0 Å². The fraction of sp³-hybridized carbons (Fsp3) is 0.400. The second-order valence-corrected chi connectivity index (χ2v) is 5.68. The standard InChI is InChI=1S/C15H18Cl2N2O/c1-2-6-19-7-5-18-15(19)10-13(20)8-11-3-4-12(16)9-14(11)17/h3-5,7,9,13,20H,2,6,8,10H2,1H3. The van der Waals surface area contributed by atoms with E-state index in [0.29, 0.717) is 22.9 Å². The molecule has 0 bridgehead atoms. The van der Waals surface area contributed by atoms with E-state index < -0.39 is 6.10 Å². The van der Waals surface area contributed by atoms with Crippen LogP contribution in [-0.4, -0.2) is 20.8 Å². The normalized spacial score (nSPS) is 12.6. The van der Waals surface area contributed by atoms with Crippen molar-refractivity contribution in [2.75, 3.05) is 0 Å². The number of aliphatic hydroxyl groups is 1. The fourth-order valence-corrected chi connectivity index (χ4v) is 2.68. The molecule has 3 nitrogen and oxygen atoms in total. The number of aliphatic hydroxyl groups excluding tert-OH is 1. The number of nitrogens with zero attached hydrogens (tertiary/aromatic N) is 2. The maximum absolute atomic E-state index is 10.2. The SMILES string of the molecule is CCCn1ccnc1CC(O)Cc1ccc(Cl)cc1Cl. The highest BCUT2D eigenvalue weighted by Gasteiger charge is 2.13. The summed E-state index contributed by atoms with van der Waals surface area (Å²) in [7, 11) is 0. The van der Waals surface area contributed by atoms with Crippen molar-refractivity contribution in [2.24, 2.45) is 0 Å². The lowest BCUT2D eigenvalue weighted by molar-refractivity contribution is 0.171. The lowest BCUT2D eigenvalue weighted by Gasteiger charge is -2.13. The van der Waals surface area contributed by atoms with Crippen LogP contribution in [0.4, 0.5) is 0 Å². The smallest absolute Gasteiger partial charge is 0.111 e. The van der Waals surface area contributed by atoms with Gasteiger partial charge in [-0.25, -0.2) is 4.98 Å². The Morgan fingerprint density at radius 3 is 2.80 bits per heavy atom. The molecule has 1 aromatic carbocycles. The van der Waals surface area contributed by atoms with Gasteiger partial charge in [0.2, 0.25) is 0 Å². The molecule has 0 saturated heterocycles. The molecule has 2 rings (SSSR count). The molecule has 1 atom stereocenters. The van der Waals surface area contributed by atoms with Gasteiger partial charge in [0.05, 0.1) is 6.10 Å². The maximum atomic E-state index is 10.2. The van der Waals surface area contributed by atoms with Gasteiger partial charge < -0.3 is 9.67 Å². The minimum absolute atomic E-state index is 0.495. The zero-order valence-electron chi connectivity index (χ0n) is 11.4. The van der Waals surface area contributed by atoms with E-state index in [-0.39, 0.29) is 0 Å². The highest BCUT2D eigenvalue weighted by Crippen LogP contribution is 2.22. The number of aryl methyl sites for hydroxylation is 1. The molecule has 0 saturated carbocycles. The summed E-state index contributed by atoms with van der Waals surface area (Å²) in [5.74, 6) is 0.907. The minimum Gasteiger partial charge on any atom is -0.392 e. The van der Waals surface area contributed by atoms with Gasteiger partial charge in [0, 0.05) is 41.8 Å². The number of aromatic nitrogens is 2. The molecular weight excluding hydrogens is 295 g/mol. The predicted octanol–water partition coefficient (Wildman–Crippen LogP) is 3.75. The summed E-state index contributed by atoms with van der Waals surface area (Å²) in [6.07, 6.45) is 5.27. The van der Waals surface area contributed by atoms with Crippen molar-refractivity contribution in [1.82, 2.24) is 9.55 Å². The molecule has 1 N–H and O–H groups in total. The molecule has 0 spiro atoms. The molecule has 0 aliphatic heterocycles. The highest BCUT2D eigenvalue weighted by atomic mass is 35.5. The number of hydrogen-bond donors (Lipinski definition) is 1. The zero-order chi connectivity index (χ0) is 14.5. The first-order valence-corrected chi connectivity index (χ1v) is 7.47. The first kappa shape index (κ1) is 15.4. The molecule has 0 radical (unpaired) electrons. The second kappa shape index (κ2) is 7.11. The van der Waals surface area contributed by atoms with Crippen LogP contribution >= 0.6 is 23.2 Å². The van der Waals surface area contributed by atoms with Crippen molar-refractivity contribution in [3.63, 3.8) is 0 Å². The average molecular weight is 313 g/mol. The van der Waals surface area contributed by atoms with Gasteiger partial charge in [0.1, 0.15) is 5.82 Å². The van der Waals surface area contributed by atoms with E-state index in [1.54, 1.807) is 18.3 Å². The summed E-state index contributed by atoms with van der Waals surface area (Å²) in [5, 5.41) is 11.4. The molecule has 1 unspecified atom stereocenters. The molecule has 0 amide bonds. The maximum Gasteiger partial charge on any atom is 0.111 e. The van der Waals surface area contributed by atoms with Gasteiger partial charge in [0.15, 0.2) is 0 Å². The van der Waals surface area contributed by atoms with Crippen molar-refractivity contribution in [2.45, 2.75) is 38.8 Å². The molecule has 0 aliphatic carbocycles. The Labute approximate surface area is 129 Å². The van der Waals surface area contributed by atoms with Crippen LogP contribution in [0.3, 0.4) is 0 Å². The van der Waals surface area contributed by atoms with Crippen molar-refractivity contribution in [3.05, 3.63) is 52.0 Å². The zero-order valence-corrected chi connectivity index (χ0v) is 12.9. The number of imidazole rings is 1. The lowest BCUT2D eigenvalue weighted by atomic mass is 10.1. The largest absolute Gasteiger partial charge is 0.392 e. The minimum atomic E-state index is -0.508. The Bertz CT molecular complexity index is 569. The molecule has 108 valence electrons. The van der Waals surface area contributed by atoms with Crippen LogP contribution in [0.25, 0.3) is 0 Å². The van der Waals surface area contributed by atoms with Crippen LogP contribution in [0.15, 0.2) is 30.6 Å². The third-order valence-corrected chi connectivity index (χ3v) is 3.74. The quantitative estimate of drug-likeness (QED) is 0.882. The number of hydrogen-bond acceptors (Lipinski definition) is 2. The second-order valence-electron chi connectivity index (χ2n) is 4.83. The van der Waals surface area contributed by atoms with E-state index in [2.05, 4.69) is 16.5 Å². The van der Waals surface area contributed by atoms with Gasteiger partial charge in [-0.05, 0) is 24.1 Å². The van der Waals surface area contributed by atoms with Crippen molar-refractivity contribution in [1.29, 1.82) is 0 Å². The Balaban J connectivity index is 2.01. The molecule has 0 aliphatic rings. The number of halogens is 2. The Kier molecular flexibility index (Phi) is 5.46. The van der Waals surface area contributed by atoms with Crippen LogP contribution in [0.2, 0.25) is 10.0 Å². The molecule has 0 fully saturated rings. The molecule has 1 heterocycles. The van der Waals surface area contributed by atoms with E-state index >= 15 is 0 Å². The Morgan fingerprint density at radius 2 is 2.10 bits per heavy atom. The first-order chi connectivity index (χ1) is 9.60. The van der Waals surface area contributed by atoms with Crippen molar-refractivity contribution < 1.29 is 5.11 Å². The van der Waals surface area contributed by atoms with E-state index in [4.69, 9.17) is 23.2 Å². The summed E-state index contributed by atoms with van der Waals surface area (Å²) in [6, 6.07) is 5.34. The van der Waals surface area contributed by atoms with Crippen LogP contribution in [0, 0.1) is 0 Å². The summed E-state index contributed by atoms with van der Waals surface area (Å²) < 4.78 is 2.08. The molecular formula is C15H18Cl2N2O. The summed E-state index contributed by atoms with van der Waals surface area (Å²) in [4.78, 5) is 4.30. The van der Waals surface area contributed by atoms with Gasteiger partial charge in [-0.2, -0.15) is 0 Å². The summed E-state index contributed by atoms with van der Waals surface area (Å²) in [6.45, 7) is 3.04. The van der Waals surface area contributed by atoms with Crippen LogP contribution in [0.5, 0.6) is 0 Å². The molecule has 5 heteroatoms. The van der Waals surface area contributed by atoms with Gasteiger partial charge in [-0.1, -0.05) is 36.2 Å². The lowest BCUT2D eigenvalue weighted by Crippen LogP contribution is -2.17.